The van der Waals surface area contributed by atoms with Gasteiger partial charge in [-0.3, -0.25) is 9.59 Å². The fourth-order valence-corrected chi connectivity index (χ4v) is 2.94. The molecule has 124 valence electrons. The molecule has 3 rings (SSSR count). The van der Waals surface area contributed by atoms with Gasteiger partial charge < -0.3 is 10.2 Å². The highest BCUT2D eigenvalue weighted by molar-refractivity contribution is 6.35. The third kappa shape index (κ3) is 3.52. The Bertz CT molecular complexity index is 813. The van der Waals surface area contributed by atoms with Crippen molar-refractivity contribution in [3.05, 3.63) is 58.3 Å². The summed E-state index contributed by atoms with van der Waals surface area (Å²) in [5.74, 6) is -1.53. The van der Waals surface area contributed by atoms with E-state index in [2.05, 4.69) is 5.32 Å². The third-order valence-electron chi connectivity index (χ3n) is 3.80. The number of amides is 2. The number of nitrogens with zero attached hydrogens (tertiary/aromatic N) is 1. The smallest absolute Gasteiger partial charge is 0.229 e. The van der Waals surface area contributed by atoms with E-state index in [1.807, 2.05) is 0 Å². The van der Waals surface area contributed by atoms with Gasteiger partial charge in [-0.1, -0.05) is 29.3 Å². The zero-order valence-corrected chi connectivity index (χ0v) is 13.9. The van der Waals surface area contributed by atoms with Crippen LogP contribution in [0.15, 0.2) is 42.5 Å². The summed E-state index contributed by atoms with van der Waals surface area (Å²) in [4.78, 5) is 26.0. The van der Waals surface area contributed by atoms with Crippen LogP contribution >= 0.6 is 23.2 Å². The maximum atomic E-state index is 13.3. The molecule has 1 aliphatic rings. The van der Waals surface area contributed by atoms with Crippen LogP contribution in [0.2, 0.25) is 10.0 Å². The Morgan fingerprint density at radius 2 is 2.00 bits per heavy atom. The lowest BCUT2D eigenvalue weighted by Gasteiger charge is -2.17. The zero-order valence-electron chi connectivity index (χ0n) is 12.4. The second kappa shape index (κ2) is 6.79. The molecule has 2 aromatic carbocycles. The van der Waals surface area contributed by atoms with Crippen LogP contribution in [0.25, 0.3) is 0 Å². The van der Waals surface area contributed by atoms with E-state index in [4.69, 9.17) is 23.2 Å². The SMILES string of the molecule is O=C(Nc1cc(Cl)ccc1Cl)C1CC(=O)N(c2cccc(F)c2)C1. The normalized spacial score (nSPS) is 17.2. The molecule has 1 saturated heterocycles. The summed E-state index contributed by atoms with van der Waals surface area (Å²) in [5, 5.41) is 3.49. The molecule has 0 aliphatic carbocycles. The summed E-state index contributed by atoms with van der Waals surface area (Å²) < 4.78 is 13.3. The number of anilines is 2. The Morgan fingerprint density at radius 3 is 2.75 bits per heavy atom. The molecule has 0 spiro atoms. The molecule has 7 heteroatoms. The minimum atomic E-state index is -0.546. The van der Waals surface area contributed by atoms with Gasteiger partial charge in [0.1, 0.15) is 5.82 Å². The molecular weight excluding hydrogens is 354 g/mol. The first-order valence-corrected chi connectivity index (χ1v) is 8.01. The van der Waals surface area contributed by atoms with Crippen molar-refractivity contribution in [2.24, 2.45) is 5.92 Å². The van der Waals surface area contributed by atoms with E-state index in [9.17, 15) is 14.0 Å². The van der Waals surface area contributed by atoms with Gasteiger partial charge >= 0.3 is 0 Å². The molecule has 2 amide bonds. The summed E-state index contributed by atoms with van der Waals surface area (Å²) in [6, 6.07) is 10.5. The predicted octanol–water partition coefficient (Wildman–Crippen LogP) is 4.12. The maximum absolute atomic E-state index is 13.3. The quantitative estimate of drug-likeness (QED) is 0.887. The fourth-order valence-electron chi connectivity index (χ4n) is 2.60. The van der Waals surface area contributed by atoms with Crippen molar-refractivity contribution in [3.63, 3.8) is 0 Å². The molecule has 4 nitrogen and oxygen atoms in total. The van der Waals surface area contributed by atoms with Gasteiger partial charge in [0, 0.05) is 23.7 Å². The lowest BCUT2D eigenvalue weighted by atomic mass is 10.1. The molecule has 2 aromatic rings. The summed E-state index contributed by atoms with van der Waals surface area (Å²) in [7, 11) is 0. The van der Waals surface area contributed by atoms with Gasteiger partial charge in [-0.25, -0.2) is 4.39 Å². The van der Waals surface area contributed by atoms with E-state index >= 15 is 0 Å². The highest BCUT2D eigenvalue weighted by Crippen LogP contribution is 2.29. The zero-order chi connectivity index (χ0) is 17.3. The molecule has 0 saturated carbocycles. The first-order chi connectivity index (χ1) is 11.4. The van der Waals surface area contributed by atoms with Crippen molar-refractivity contribution in [3.8, 4) is 0 Å². The molecule has 0 aromatic heterocycles. The molecule has 1 aliphatic heterocycles. The van der Waals surface area contributed by atoms with Crippen molar-refractivity contribution < 1.29 is 14.0 Å². The second-order valence-corrected chi connectivity index (χ2v) is 6.34. The minimum Gasteiger partial charge on any atom is -0.324 e. The van der Waals surface area contributed by atoms with E-state index in [0.717, 1.165) is 0 Å². The maximum Gasteiger partial charge on any atom is 0.229 e. The molecule has 1 atom stereocenters. The van der Waals surface area contributed by atoms with E-state index < -0.39 is 11.7 Å². The van der Waals surface area contributed by atoms with Crippen molar-refractivity contribution in [2.45, 2.75) is 6.42 Å². The number of nitrogens with one attached hydrogen (secondary N) is 1. The van der Waals surface area contributed by atoms with Gasteiger partial charge in [-0.15, -0.1) is 0 Å². The van der Waals surface area contributed by atoms with E-state index in [1.165, 1.54) is 23.1 Å². The number of hydrogen-bond donors (Lipinski definition) is 1. The van der Waals surface area contributed by atoms with Crippen molar-refractivity contribution in [2.75, 3.05) is 16.8 Å². The average molecular weight is 367 g/mol. The highest BCUT2D eigenvalue weighted by atomic mass is 35.5. The molecule has 1 unspecified atom stereocenters. The van der Waals surface area contributed by atoms with Crippen LogP contribution in [-0.2, 0) is 9.59 Å². The summed E-state index contributed by atoms with van der Waals surface area (Å²) in [5.41, 5.74) is 0.835. The summed E-state index contributed by atoms with van der Waals surface area (Å²) in [6.07, 6.45) is 0.0561. The van der Waals surface area contributed by atoms with Crippen LogP contribution in [0.4, 0.5) is 15.8 Å². The lowest BCUT2D eigenvalue weighted by Crippen LogP contribution is -2.28. The van der Waals surface area contributed by atoms with Crippen LogP contribution in [0.5, 0.6) is 0 Å². The minimum absolute atomic E-state index is 0.0561. The number of carbonyl (C=O) groups excluding carboxylic acids is 2. The number of benzene rings is 2. The monoisotopic (exact) mass is 366 g/mol. The first kappa shape index (κ1) is 16.7. The standard InChI is InChI=1S/C17H13Cl2FN2O2/c18-11-4-5-14(19)15(7-11)21-17(24)10-6-16(23)22(9-10)13-3-1-2-12(20)8-13/h1-5,7-8,10H,6,9H2,(H,21,24). The van der Waals surface area contributed by atoms with Crippen LogP contribution in [0, 0.1) is 11.7 Å². The number of rotatable bonds is 3. The van der Waals surface area contributed by atoms with Gasteiger partial charge in [-0.05, 0) is 36.4 Å². The Kier molecular flexibility index (Phi) is 4.73. The van der Waals surface area contributed by atoms with Gasteiger partial charge in [0.15, 0.2) is 0 Å². The Hall–Kier alpha value is -2.11. The van der Waals surface area contributed by atoms with Gasteiger partial charge in [0.25, 0.3) is 0 Å². The van der Waals surface area contributed by atoms with Crippen molar-refractivity contribution >= 4 is 46.4 Å². The highest BCUT2D eigenvalue weighted by Gasteiger charge is 2.35. The molecule has 1 fully saturated rings. The average Bonchev–Trinajstić information content (AvgIpc) is 2.93. The largest absolute Gasteiger partial charge is 0.324 e. The molecular formula is C17H13Cl2FN2O2. The van der Waals surface area contributed by atoms with Crippen LogP contribution in [-0.4, -0.2) is 18.4 Å². The lowest BCUT2D eigenvalue weighted by molar-refractivity contribution is -0.122. The Labute approximate surface area is 148 Å². The number of halogens is 3. The van der Waals surface area contributed by atoms with Gasteiger partial charge in [0.2, 0.25) is 11.8 Å². The van der Waals surface area contributed by atoms with Crippen LogP contribution in [0.1, 0.15) is 6.42 Å². The van der Waals surface area contributed by atoms with Gasteiger partial charge in [0.05, 0.1) is 16.6 Å². The van der Waals surface area contributed by atoms with E-state index in [1.54, 1.807) is 24.3 Å². The van der Waals surface area contributed by atoms with E-state index in [0.29, 0.717) is 21.4 Å². The topological polar surface area (TPSA) is 49.4 Å². The second-order valence-electron chi connectivity index (χ2n) is 5.50. The number of hydrogen-bond acceptors (Lipinski definition) is 2. The molecule has 1 N–H and O–H groups in total. The van der Waals surface area contributed by atoms with Gasteiger partial charge in [-0.2, -0.15) is 0 Å². The summed E-state index contributed by atoms with van der Waals surface area (Å²) in [6.45, 7) is 0.187. The molecule has 0 radical (unpaired) electrons. The molecule has 1 heterocycles. The Morgan fingerprint density at radius 1 is 1.21 bits per heavy atom. The summed E-state index contributed by atoms with van der Waals surface area (Å²) >= 11 is 11.9. The first-order valence-electron chi connectivity index (χ1n) is 7.26. The molecule has 24 heavy (non-hydrogen) atoms. The van der Waals surface area contributed by atoms with Crippen molar-refractivity contribution in [1.82, 2.24) is 0 Å². The van der Waals surface area contributed by atoms with Crippen molar-refractivity contribution in [1.29, 1.82) is 0 Å². The predicted molar refractivity (Wildman–Crippen MR) is 92.0 cm³/mol. The third-order valence-corrected chi connectivity index (χ3v) is 4.37. The van der Waals surface area contributed by atoms with Crippen LogP contribution in [0.3, 0.4) is 0 Å². The number of carbonyl (C=O) groups is 2. The van der Waals surface area contributed by atoms with Crippen LogP contribution < -0.4 is 10.2 Å². The van der Waals surface area contributed by atoms with E-state index in [-0.39, 0.29) is 24.8 Å². The fraction of sp³-hybridized carbons (Fsp3) is 0.176. The molecule has 0 bridgehead atoms. The Balaban J connectivity index is 1.73.